The summed E-state index contributed by atoms with van der Waals surface area (Å²) >= 11 is 0. The smallest absolute Gasteiger partial charge is 0.322 e. The molecule has 0 aliphatic carbocycles. The van der Waals surface area contributed by atoms with E-state index in [-0.39, 0.29) is 18.2 Å². The first-order valence-corrected chi connectivity index (χ1v) is 9.30. The van der Waals surface area contributed by atoms with Gasteiger partial charge in [0.15, 0.2) is 0 Å². The van der Waals surface area contributed by atoms with Crippen molar-refractivity contribution in [2.24, 2.45) is 5.92 Å². The van der Waals surface area contributed by atoms with Crippen LogP contribution in [0.1, 0.15) is 45.6 Å². The number of methoxy groups -OCH3 is 1. The van der Waals surface area contributed by atoms with Gasteiger partial charge in [-0.2, -0.15) is 0 Å². The third-order valence-electron chi connectivity index (χ3n) is 4.78. The number of amides is 2. The predicted octanol–water partition coefficient (Wildman–Crippen LogP) is 4.45. The van der Waals surface area contributed by atoms with E-state index in [1.54, 1.807) is 7.11 Å². The highest BCUT2D eigenvalue weighted by Gasteiger charge is 2.32. The number of hydrogen-bond acceptors (Lipinski definition) is 3. The lowest BCUT2D eigenvalue weighted by Crippen LogP contribution is -2.52. The molecule has 0 radical (unpaired) electrons. The van der Waals surface area contributed by atoms with Crippen molar-refractivity contribution in [1.29, 1.82) is 0 Å². The number of nitrogens with zero attached hydrogens (tertiary/aromatic N) is 1. The standard InChI is InChI=1S/C20H32N2O3/c1-6-7-8-17-12-22(13-19(25-17)14(2)3)20(23)21-18-10-9-16(24-5)11-15(18)4/h9-11,14,17,19H,6-8,12-13H2,1-5H3,(H,21,23)/t17-,19-/m1/s1. The molecule has 5 nitrogen and oxygen atoms in total. The van der Waals surface area contributed by atoms with E-state index in [1.807, 2.05) is 30.0 Å². The van der Waals surface area contributed by atoms with Crippen molar-refractivity contribution in [2.45, 2.75) is 59.2 Å². The topological polar surface area (TPSA) is 50.8 Å². The molecule has 140 valence electrons. The number of unbranched alkanes of at least 4 members (excludes halogenated alkanes) is 1. The lowest BCUT2D eigenvalue weighted by molar-refractivity contribution is -0.0929. The minimum atomic E-state index is -0.0521. The van der Waals surface area contributed by atoms with E-state index in [2.05, 4.69) is 26.1 Å². The van der Waals surface area contributed by atoms with Crippen molar-refractivity contribution in [2.75, 3.05) is 25.5 Å². The number of carbonyl (C=O) groups is 1. The highest BCUT2D eigenvalue weighted by Crippen LogP contribution is 2.24. The maximum absolute atomic E-state index is 12.8. The number of ether oxygens (including phenoxy) is 2. The minimum absolute atomic E-state index is 0.0521. The zero-order valence-corrected chi connectivity index (χ0v) is 16.2. The molecule has 2 atom stereocenters. The Bertz CT molecular complexity index is 574. The highest BCUT2D eigenvalue weighted by molar-refractivity contribution is 5.90. The summed E-state index contributed by atoms with van der Waals surface area (Å²) in [6.45, 7) is 9.75. The summed E-state index contributed by atoms with van der Waals surface area (Å²) < 4.78 is 11.4. The van der Waals surface area contributed by atoms with E-state index < -0.39 is 0 Å². The summed E-state index contributed by atoms with van der Waals surface area (Å²) in [5.41, 5.74) is 1.81. The molecule has 0 aromatic heterocycles. The fourth-order valence-corrected chi connectivity index (χ4v) is 3.09. The SMILES string of the molecule is CCCC[C@@H]1CN(C(=O)Nc2ccc(OC)cc2C)C[C@H](C(C)C)O1. The van der Waals surface area contributed by atoms with Crippen LogP contribution in [0.5, 0.6) is 5.75 Å². The molecule has 0 spiro atoms. The number of nitrogens with one attached hydrogen (secondary N) is 1. The van der Waals surface area contributed by atoms with E-state index in [1.165, 1.54) is 0 Å². The molecule has 1 saturated heterocycles. The molecule has 1 aliphatic rings. The Kier molecular flexibility index (Phi) is 7.12. The van der Waals surface area contributed by atoms with Gasteiger partial charge < -0.3 is 19.7 Å². The Morgan fingerprint density at radius 3 is 2.76 bits per heavy atom. The molecule has 2 amide bonds. The molecule has 1 fully saturated rings. The average molecular weight is 348 g/mol. The molecule has 1 aliphatic heterocycles. The molecule has 1 aromatic carbocycles. The van der Waals surface area contributed by atoms with Crippen LogP contribution in [0.2, 0.25) is 0 Å². The zero-order chi connectivity index (χ0) is 18.4. The second-order valence-electron chi connectivity index (χ2n) is 7.20. The van der Waals surface area contributed by atoms with E-state index in [0.29, 0.717) is 19.0 Å². The second kappa shape index (κ2) is 9.09. The van der Waals surface area contributed by atoms with Gasteiger partial charge in [0, 0.05) is 18.8 Å². The first-order valence-electron chi connectivity index (χ1n) is 9.30. The number of aryl methyl sites for hydroxylation is 1. The summed E-state index contributed by atoms with van der Waals surface area (Å²) in [6.07, 6.45) is 3.50. The number of morpholine rings is 1. The number of benzene rings is 1. The van der Waals surface area contributed by atoms with Crippen LogP contribution in [0.25, 0.3) is 0 Å². The molecule has 25 heavy (non-hydrogen) atoms. The van der Waals surface area contributed by atoms with Crippen molar-refractivity contribution < 1.29 is 14.3 Å². The molecule has 0 saturated carbocycles. The maximum atomic E-state index is 12.8. The predicted molar refractivity (Wildman–Crippen MR) is 101 cm³/mol. The van der Waals surface area contributed by atoms with Gasteiger partial charge in [-0.15, -0.1) is 0 Å². The normalized spacial score (nSPS) is 20.6. The highest BCUT2D eigenvalue weighted by atomic mass is 16.5. The molecule has 1 N–H and O–H groups in total. The molecule has 0 bridgehead atoms. The van der Waals surface area contributed by atoms with Crippen LogP contribution in [0.15, 0.2) is 18.2 Å². The number of anilines is 1. The molecular formula is C20H32N2O3. The number of carbonyl (C=O) groups excluding carboxylic acids is 1. The van der Waals surface area contributed by atoms with Gasteiger partial charge in [-0.1, -0.05) is 33.6 Å². The summed E-state index contributed by atoms with van der Waals surface area (Å²) in [5, 5.41) is 3.04. The largest absolute Gasteiger partial charge is 0.497 e. The van der Waals surface area contributed by atoms with Crippen LogP contribution < -0.4 is 10.1 Å². The van der Waals surface area contributed by atoms with E-state index in [9.17, 15) is 4.79 Å². The third kappa shape index (κ3) is 5.36. The van der Waals surface area contributed by atoms with Crippen LogP contribution >= 0.6 is 0 Å². The third-order valence-corrected chi connectivity index (χ3v) is 4.78. The lowest BCUT2D eigenvalue weighted by atomic mass is 10.0. The second-order valence-corrected chi connectivity index (χ2v) is 7.20. The Morgan fingerprint density at radius 2 is 2.16 bits per heavy atom. The lowest BCUT2D eigenvalue weighted by Gasteiger charge is -2.40. The van der Waals surface area contributed by atoms with Gasteiger partial charge in [-0.3, -0.25) is 0 Å². The molecule has 1 heterocycles. The van der Waals surface area contributed by atoms with Crippen LogP contribution in [0.4, 0.5) is 10.5 Å². The summed E-state index contributed by atoms with van der Waals surface area (Å²) in [7, 11) is 1.64. The van der Waals surface area contributed by atoms with Crippen LogP contribution in [-0.2, 0) is 4.74 Å². The van der Waals surface area contributed by atoms with Gasteiger partial charge in [0.25, 0.3) is 0 Å². The van der Waals surface area contributed by atoms with Crippen molar-refractivity contribution in [1.82, 2.24) is 4.90 Å². The van der Waals surface area contributed by atoms with Crippen molar-refractivity contribution in [3.8, 4) is 5.75 Å². The Labute approximate surface area is 151 Å². The molecule has 1 aromatic rings. The Hall–Kier alpha value is -1.75. The molecule has 0 unspecified atom stereocenters. The van der Waals surface area contributed by atoms with E-state index >= 15 is 0 Å². The van der Waals surface area contributed by atoms with Crippen LogP contribution in [0, 0.1) is 12.8 Å². The van der Waals surface area contributed by atoms with E-state index in [0.717, 1.165) is 36.3 Å². The zero-order valence-electron chi connectivity index (χ0n) is 16.2. The summed E-state index contributed by atoms with van der Waals surface area (Å²) in [4.78, 5) is 14.7. The quantitative estimate of drug-likeness (QED) is 0.826. The number of hydrogen-bond donors (Lipinski definition) is 1. The average Bonchev–Trinajstić information content (AvgIpc) is 2.61. The van der Waals surface area contributed by atoms with Gasteiger partial charge >= 0.3 is 6.03 Å². The Morgan fingerprint density at radius 1 is 1.40 bits per heavy atom. The van der Waals surface area contributed by atoms with E-state index in [4.69, 9.17) is 9.47 Å². The van der Waals surface area contributed by atoms with Gasteiger partial charge in [0.2, 0.25) is 0 Å². The van der Waals surface area contributed by atoms with Gasteiger partial charge in [0.05, 0.1) is 19.3 Å². The number of urea groups is 1. The molecular weight excluding hydrogens is 316 g/mol. The van der Waals surface area contributed by atoms with Gasteiger partial charge in [-0.05, 0) is 43.0 Å². The monoisotopic (exact) mass is 348 g/mol. The summed E-state index contributed by atoms with van der Waals surface area (Å²) in [5.74, 6) is 1.18. The van der Waals surface area contributed by atoms with Crippen molar-refractivity contribution in [3.05, 3.63) is 23.8 Å². The van der Waals surface area contributed by atoms with Gasteiger partial charge in [-0.25, -0.2) is 4.79 Å². The fraction of sp³-hybridized carbons (Fsp3) is 0.650. The fourth-order valence-electron chi connectivity index (χ4n) is 3.09. The summed E-state index contributed by atoms with van der Waals surface area (Å²) in [6, 6.07) is 5.63. The van der Waals surface area contributed by atoms with Crippen molar-refractivity contribution in [3.63, 3.8) is 0 Å². The first-order chi connectivity index (χ1) is 11.9. The molecule has 5 heteroatoms. The first kappa shape index (κ1) is 19.6. The van der Waals surface area contributed by atoms with Gasteiger partial charge in [0.1, 0.15) is 5.75 Å². The van der Waals surface area contributed by atoms with Crippen LogP contribution in [0.3, 0.4) is 0 Å². The minimum Gasteiger partial charge on any atom is -0.497 e. The Balaban J connectivity index is 2.05. The van der Waals surface area contributed by atoms with Crippen molar-refractivity contribution >= 4 is 11.7 Å². The maximum Gasteiger partial charge on any atom is 0.322 e. The molecule has 2 rings (SSSR count). The number of rotatable bonds is 6. The van der Waals surface area contributed by atoms with Crippen LogP contribution in [-0.4, -0.2) is 43.3 Å².